The SMILES string of the molecule is CC1=C/C(=C(/c2cc(C)c([O-])c(C(=O)[O-])c2)c2cc(C)c([O-])c(C(=O)O)c2)C=C(C(=O)O)C1=O.[NH4+].[NH4+].[NH4+]. The number of carbonyl (C=O) groups is 4. The van der Waals surface area contributed by atoms with E-state index in [2.05, 4.69) is 0 Å². The van der Waals surface area contributed by atoms with Crippen LogP contribution in [0.4, 0.5) is 0 Å². The molecule has 0 saturated carbocycles. The molecule has 12 nitrogen and oxygen atoms in total. The molecule has 0 amide bonds. The lowest BCUT2D eigenvalue weighted by molar-refractivity contribution is -0.276. The van der Waals surface area contributed by atoms with Gasteiger partial charge in [0.2, 0.25) is 0 Å². The Balaban J connectivity index is 0.00000432. The highest BCUT2D eigenvalue weighted by Crippen LogP contribution is 2.37. The number of Topliss-reactive ketones (excluding diaryl/α,β-unsaturated/α-hetero) is 1. The molecule has 0 aliphatic heterocycles. The molecule has 2 aromatic carbocycles. The van der Waals surface area contributed by atoms with E-state index in [1.165, 1.54) is 39.0 Å². The van der Waals surface area contributed by atoms with Crippen molar-refractivity contribution >= 4 is 29.3 Å². The molecule has 0 spiro atoms. The van der Waals surface area contributed by atoms with Crippen LogP contribution >= 0.6 is 0 Å². The van der Waals surface area contributed by atoms with Gasteiger partial charge in [-0.15, -0.1) is 0 Å². The van der Waals surface area contributed by atoms with Gasteiger partial charge in [-0.3, -0.25) is 4.79 Å². The van der Waals surface area contributed by atoms with Gasteiger partial charge in [0.05, 0.1) is 11.5 Å². The summed E-state index contributed by atoms with van der Waals surface area (Å²) < 4.78 is 0. The number of allylic oxidation sites excluding steroid dienone is 4. The molecule has 0 radical (unpaired) electrons. The molecule has 14 N–H and O–H groups in total. The van der Waals surface area contributed by atoms with Crippen LogP contribution < -0.4 is 33.8 Å². The van der Waals surface area contributed by atoms with Crippen LogP contribution in [-0.4, -0.2) is 33.9 Å². The minimum absolute atomic E-state index is 0. The quantitative estimate of drug-likeness (QED) is 0.363. The third-order valence-corrected chi connectivity index (χ3v) is 5.37. The highest BCUT2D eigenvalue weighted by Gasteiger charge is 2.25. The molecule has 0 unspecified atom stereocenters. The van der Waals surface area contributed by atoms with Crippen LogP contribution in [0.3, 0.4) is 0 Å². The number of rotatable bonds is 5. The van der Waals surface area contributed by atoms with Crippen LogP contribution in [0.5, 0.6) is 11.5 Å². The minimum atomic E-state index is -1.73. The first kappa shape index (κ1) is 32.2. The second-order valence-corrected chi connectivity index (χ2v) is 7.78. The molecule has 0 aromatic heterocycles. The summed E-state index contributed by atoms with van der Waals surface area (Å²) in [4.78, 5) is 47.2. The van der Waals surface area contributed by atoms with Crippen molar-refractivity contribution in [3.05, 3.63) is 86.5 Å². The molecule has 0 saturated heterocycles. The van der Waals surface area contributed by atoms with Crippen LogP contribution in [-0.2, 0) is 9.59 Å². The molecule has 37 heavy (non-hydrogen) atoms. The molecule has 12 heteroatoms. The highest BCUT2D eigenvalue weighted by atomic mass is 16.4. The fourth-order valence-electron chi connectivity index (χ4n) is 3.72. The minimum Gasteiger partial charge on any atom is -0.872 e. The summed E-state index contributed by atoms with van der Waals surface area (Å²) in [7, 11) is 0. The van der Waals surface area contributed by atoms with Gasteiger partial charge in [-0.05, 0) is 78.5 Å². The van der Waals surface area contributed by atoms with E-state index in [1.54, 1.807) is 0 Å². The lowest BCUT2D eigenvalue weighted by atomic mass is 9.84. The molecular weight excluding hydrogens is 486 g/mol. The van der Waals surface area contributed by atoms with Gasteiger partial charge in [0.15, 0.2) is 5.78 Å². The van der Waals surface area contributed by atoms with Gasteiger partial charge in [0.25, 0.3) is 0 Å². The topological polar surface area (TPSA) is 287 Å². The fourth-order valence-corrected chi connectivity index (χ4v) is 3.72. The number of carboxylic acid groups (broad SMARTS) is 3. The predicted octanol–water partition coefficient (Wildman–Crippen LogP) is 1.98. The Morgan fingerprint density at radius 1 is 0.730 bits per heavy atom. The van der Waals surface area contributed by atoms with Gasteiger partial charge in [-0.2, -0.15) is 0 Å². The Bertz CT molecular complexity index is 1330. The van der Waals surface area contributed by atoms with Crippen LogP contribution in [0.2, 0.25) is 0 Å². The van der Waals surface area contributed by atoms with E-state index >= 15 is 0 Å². The van der Waals surface area contributed by atoms with E-state index in [9.17, 15) is 44.7 Å². The summed E-state index contributed by atoms with van der Waals surface area (Å²) in [5.41, 5.74) is -1.04. The summed E-state index contributed by atoms with van der Waals surface area (Å²) in [6, 6.07) is 4.82. The lowest BCUT2D eigenvalue weighted by Gasteiger charge is -2.24. The zero-order valence-electron chi connectivity index (χ0n) is 21.2. The summed E-state index contributed by atoms with van der Waals surface area (Å²) in [6.45, 7) is 4.16. The number of hydrogen-bond donors (Lipinski definition) is 5. The second kappa shape index (κ2) is 11.8. The first-order valence-electron chi connectivity index (χ1n) is 9.84. The number of carboxylic acids is 3. The van der Waals surface area contributed by atoms with E-state index in [1.807, 2.05) is 0 Å². The van der Waals surface area contributed by atoms with E-state index in [0.717, 1.165) is 18.2 Å². The van der Waals surface area contributed by atoms with Crippen molar-refractivity contribution in [1.29, 1.82) is 0 Å². The molecular formula is C25H29N3O9. The molecule has 2 aromatic rings. The Kier molecular flexibility index (Phi) is 10.2. The Morgan fingerprint density at radius 2 is 1.19 bits per heavy atom. The van der Waals surface area contributed by atoms with Crippen molar-refractivity contribution in [3.8, 4) is 11.5 Å². The summed E-state index contributed by atoms with van der Waals surface area (Å²) in [5.74, 6) is -6.95. The van der Waals surface area contributed by atoms with Crippen molar-refractivity contribution in [2.75, 3.05) is 0 Å². The average molecular weight is 516 g/mol. The van der Waals surface area contributed by atoms with E-state index in [0.29, 0.717) is 0 Å². The maximum atomic E-state index is 12.3. The number of aromatic carboxylic acids is 2. The zero-order valence-corrected chi connectivity index (χ0v) is 21.2. The molecule has 3 rings (SSSR count). The largest absolute Gasteiger partial charge is 0.872 e. The van der Waals surface area contributed by atoms with Crippen LogP contribution in [0, 0.1) is 13.8 Å². The predicted molar refractivity (Wildman–Crippen MR) is 131 cm³/mol. The van der Waals surface area contributed by atoms with Crippen LogP contribution in [0.15, 0.2) is 53.1 Å². The second-order valence-electron chi connectivity index (χ2n) is 7.78. The fraction of sp³-hybridized carbons (Fsp3) is 0.120. The molecule has 1 aliphatic carbocycles. The van der Waals surface area contributed by atoms with Gasteiger partial charge < -0.3 is 48.8 Å². The summed E-state index contributed by atoms with van der Waals surface area (Å²) in [5, 5.41) is 55.1. The number of aryl methyl sites for hydroxylation is 2. The van der Waals surface area contributed by atoms with Gasteiger partial charge in [-0.25, -0.2) is 9.59 Å². The Labute approximate surface area is 211 Å². The van der Waals surface area contributed by atoms with Crippen LogP contribution in [0.25, 0.3) is 5.57 Å². The maximum Gasteiger partial charge on any atom is 0.339 e. The molecule has 198 valence electrons. The van der Waals surface area contributed by atoms with Gasteiger partial charge >= 0.3 is 11.9 Å². The van der Waals surface area contributed by atoms with Gasteiger partial charge in [-0.1, -0.05) is 34.8 Å². The van der Waals surface area contributed by atoms with E-state index in [4.69, 9.17) is 0 Å². The third-order valence-electron chi connectivity index (χ3n) is 5.37. The van der Waals surface area contributed by atoms with Crippen molar-refractivity contribution in [1.82, 2.24) is 18.5 Å². The average Bonchev–Trinajstić information content (AvgIpc) is 2.74. The Morgan fingerprint density at radius 3 is 1.62 bits per heavy atom. The standard InChI is InChI=1S/C25H20O9.3H3N/c1-10-4-13(7-16(20(10)26)23(29)30)19(14-5-11(2)21(27)17(8-14)24(31)32)15-6-12(3)22(28)18(9-15)25(33)34;;;/h4-9,26-27H,1-3H3,(H,29,30)(H,31,32)(H,33,34);3*1H3. The first-order valence-corrected chi connectivity index (χ1v) is 9.84. The van der Waals surface area contributed by atoms with Gasteiger partial charge in [0.1, 0.15) is 5.57 Å². The molecule has 0 fully saturated rings. The highest BCUT2D eigenvalue weighted by molar-refractivity contribution is 6.25. The zero-order chi connectivity index (χ0) is 25.5. The number of carbonyl (C=O) groups excluding carboxylic acids is 2. The van der Waals surface area contributed by atoms with Crippen molar-refractivity contribution in [2.45, 2.75) is 20.8 Å². The number of aliphatic carboxylic acids is 1. The third kappa shape index (κ3) is 5.90. The first-order chi connectivity index (χ1) is 15.8. The van der Waals surface area contributed by atoms with Crippen molar-refractivity contribution in [2.24, 2.45) is 0 Å². The molecule has 0 atom stereocenters. The summed E-state index contributed by atoms with van der Waals surface area (Å²) >= 11 is 0. The number of benzene rings is 2. The number of quaternary nitrogens is 3. The van der Waals surface area contributed by atoms with Gasteiger partial charge in [0, 0.05) is 0 Å². The summed E-state index contributed by atoms with van der Waals surface area (Å²) in [6.07, 6.45) is 2.44. The molecule has 1 aliphatic rings. The van der Waals surface area contributed by atoms with Crippen molar-refractivity contribution < 1.29 is 44.7 Å². The smallest absolute Gasteiger partial charge is 0.339 e. The van der Waals surface area contributed by atoms with E-state index < -0.39 is 51.9 Å². The van der Waals surface area contributed by atoms with Crippen molar-refractivity contribution in [3.63, 3.8) is 0 Å². The number of hydrogen-bond acceptors (Lipinski definition) is 7. The molecule has 0 heterocycles. The maximum absolute atomic E-state index is 12.3. The Hall–Kier alpha value is -4.78. The number of ketones is 1. The normalized spacial score (nSPS) is 13.6. The lowest BCUT2D eigenvalue weighted by Crippen LogP contribution is -2.24. The van der Waals surface area contributed by atoms with E-state index in [-0.39, 0.29) is 57.4 Å². The molecule has 0 bridgehead atoms. The van der Waals surface area contributed by atoms with Crippen LogP contribution in [0.1, 0.15) is 49.9 Å². The monoisotopic (exact) mass is 515 g/mol.